The fourth-order valence-electron chi connectivity index (χ4n) is 2.95. The van der Waals surface area contributed by atoms with Crippen molar-refractivity contribution in [3.05, 3.63) is 69.7 Å². The molecule has 2 aromatic rings. The van der Waals surface area contributed by atoms with Crippen molar-refractivity contribution < 1.29 is 9.59 Å². The molecular formula is C21H24Cl2N2O2. The summed E-state index contributed by atoms with van der Waals surface area (Å²) in [5.41, 5.74) is 1.54. The highest BCUT2D eigenvalue weighted by molar-refractivity contribution is 6.36. The van der Waals surface area contributed by atoms with Crippen LogP contribution in [-0.4, -0.2) is 29.3 Å². The van der Waals surface area contributed by atoms with Gasteiger partial charge in [0.25, 0.3) is 0 Å². The Labute approximate surface area is 170 Å². The maximum absolute atomic E-state index is 13.2. The molecule has 1 atom stereocenters. The molecule has 2 aromatic carbocycles. The van der Waals surface area contributed by atoms with Gasteiger partial charge in [0.1, 0.15) is 6.04 Å². The van der Waals surface area contributed by atoms with Crippen LogP contribution in [0.3, 0.4) is 0 Å². The lowest BCUT2D eigenvalue weighted by Crippen LogP contribution is -2.49. The Morgan fingerprint density at radius 2 is 1.63 bits per heavy atom. The molecule has 0 saturated carbocycles. The zero-order valence-electron chi connectivity index (χ0n) is 15.5. The fourth-order valence-corrected chi connectivity index (χ4v) is 3.48. The number of nitrogens with zero attached hydrogens (tertiary/aromatic N) is 1. The molecule has 1 unspecified atom stereocenters. The highest BCUT2D eigenvalue weighted by Crippen LogP contribution is 2.26. The number of rotatable bonds is 8. The number of benzene rings is 2. The van der Waals surface area contributed by atoms with Crippen LogP contribution >= 0.6 is 23.2 Å². The predicted molar refractivity (Wildman–Crippen MR) is 110 cm³/mol. The highest BCUT2D eigenvalue weighted by atomic mass is 35.5. The maximum atomic E-state index is 13.2. The van der Waals surface area contributed by atoms with E-state index in [9.17, 15) is 9.59 Å². The third kappa shape index (κ3) is 5.72. The molecule has 0 spiro atoms. The molecule has 6 heteroatoms. The van der Waals surface area contributed by atoms with E-state index in [0.29, 0.717) is 35.1 Å². The van der Waals surface area contributed by atoms with Crippen molar-refractivity contribution >= 4 is 35.0 Å². The Hall–Kier alpha value is -2.04. The number of likely N-dealkylation sites (N-methyl/N-ethyl adjacent to an activating group) is 1. The van der Waals surface area contributed by atoms with Crippen LogP contribution in [0.1, 0.15) is 31.4 Å². The maximum Gasteiger partial charge on any atom is 0.242 e. The smallest absolute Gasteiger partial charge is 0.242 e. The van der Waals surface area contributed by atoms with Crippen molar-refractivity contribution in [2.45, 2.75) is 39.3 Å². The van der Waals surface area contributed by atoms with E-state index in [1.54, 1.807) is 23.1 Å². The predicted octanol–water partition coefficient (Wildman–Crippen LogP) is 4.48. The molecule has 144 valence electrons. The molecule has 27 heavy (non-hydrogen) atoms. The van der Waals surface area contributed by atoms with Gasteiger partial charge < -0.3 is 10.2 Å². The summed E-state index contributed by atoms with van der Waals surface area (Å²) in [6, 6.07) is 14.2. The minimum absolute atomic E-state index is 0.0429. The average molecular weight is 407 g/mol. The van der Waals surface area contributed by atoms with Crippen LogP contribution in [0.5, 0.6) is 0 Å². The molecule has 2 rings (SSSR count). The monoisotopic (exact) mass is 406 g/mol. The molecule has 0 saturated heterocycles. The first-order valence-electron chi connectivity index (χ1n) is 9.01. The summed E-state index contributed by atoms with van der Waals surface area (Å²) >= 11 is 12.5. The largest absolute Gasteiger partial charge is 0.355 e. The lowest BCUT2D eigenvalue weighted by molar-refractivity contribution is -0.140. The summed E-state index contributed by atoms with van der Waals surface area (Å²) in [6.07, 6.45) is 0.557. The molecule has 2 amide bonds. The molecule has 0 aliphatic rings. The van der Waals surface area contributed by atoms with E-state index in [-0.39, 0.29) is 18.2 Å². The van der Waals surface area contributed by atoms with Gasteiger partial charge in [0.05, 0.1) is 6.42 Å². The highest BCUT2D eigenvalue weighted by Gasteiger charge is 2.29. The van der Waals surface area contributed by atoms with E-state index in [4.69, 9.17) is 23.2 Å². The zero-order valence-corrected chi connectivity index (χ0v) is 17.1. The molecule has 0 aliphatic carbocycles. The van der Waals surface area contributed by atoms with Crippen LogP contribution in [0.25, 0.3) is 0 Å². The lowest BCUT2D eigenvalue weighted by Gasteiger charge is -2.31. The first-order valence-corrected chi connectivity index (χ1v) is 9.77. The van der Waals surface area contributed by atoms with Gasteiger partial charge in [-0.1, -0.05) is 66.5 Å². The molecule has 0 heterocycles. The number of carbonyl (C=O) groups excluding carboxylic acids is 2. The van der Waals surface area contributed by atoms with E-state index in [1.807, 2.05) is 44.2 Å². The van der Waals surface area contributed by atoms with Crippen LogP contribution in [0.15, 0.2) is 48.5 Å². The first kappa shape index (κ1) is 21.3. The Kier molecular flexibility index (Phi) is 8.14. The molecule has 0 aliphatic heterocycles. The zero-order chi connectivity index (χ0) is 19.8. The fraction of sp³-hybridized carbons (Fsp3) is 0.333. The number of amides is 2. The van der Waals surface area contributed by atoms with Crippen molar-refractivity contribution in [3.63, 3.8) is 0 Å². The minimum Gasteiger partial charge on any atom is -0.355 e. The number of carbonyl (C=O) groups is 2. The topological polar surface area (TPSA) is 49.4 Å². The summed E-state index contributed by atoms with van der Waals surface area (Å²) in [5.74, 6) is -0.346. The Morgan fingerprint density at radius 1 is 1.00 bits per heavy atom. The second-order valence-electron chi connectivity index (χ2n) is 6.20. The molecule has 0 bridgehead atoms. The number of hydrogen-bond acceptors (Lipinski definition) is 2. The number of halogens is 2. The van der Waals surface area contributed by atoms with Gasteiger partial charge >= 0.3 is 0 Å². The van der Waals surface area contributed by atoms with Crippen molar-refractivity contribution in [2.24, 2.45) is 0 Å². The minimum atomic E-state index is -0.557. The van der Waals surface area contributed by atoms with Gasteiger partial charge in [-0.2, -0.15) is 0 Å². The normalized spacial score (nSPS) is 11.7. The van der Waals surface area contributed by atoms with Crippen molar-refractivity contribution in [2.75, 3.05) is 6.54 Å². The summed E-state index contributed by atoms with van der Waals surface area (Å²) in [4.78, 5) is 27.3. The van der Waals surface area contributed by atoms with Crippen LogP contribution in [0.2, 0.25) is 10.0 Å². The van der Waals surface area contributed by atoms with Crippen LogP contribution in [0, 0.1) is 0 Å². The quantitative estimate of drug-likeness (QED) is 0.702. The van der Waals surface area contributed by atoms with E-state index in [1.165, 1.54) is 0 Å². The molecular weight excluding hydrogens is 383 g/mol. The van der Waals surface area contributed by atoms with Crippen LogP contribution in [0.4, 0.5) is 0 Å². The van der Waals surface area contributed by atoms with Gasteiger partial charge in [-0.3, -0.25) is 9.59 Å². The van der Waals surface area contributed by atoms with Gasteiger partial charge in [0.15, 0.2) is 0 Å². The third-order valence-corrected chi connectivity index (χ3v) is 5.03. The molecule has 0 aromatic heterocycles. The van der Waals surface area contributed by atoms with E-state index in [0.717, 1.165) is 5.56 Å². The second kappa shape index (κ2) is 10.3. The van der Waals surface area contributed by atoms with Crippen LogP contribution < -0.4 is 5.32 Å². The molecule has 0 radical (unpaired) electrons. The molecule has 4 nitrogen and oxygen atoms in total. The van der Waals surface area contributed by atoms with Gasteiger partial charge in [0.2, 0.25) is 11.8 Å². The summed E-state index contributed by atoms with van der Waals surface area (Å²) in [7, 11) is 0. The second-order valence-corrected chi connectivity index (χ2v) is 7.02. The van der Waals surface area contributed by atoms with Crippen molar-refractivity contribution in [1.82, 2.24) is 10.2 Å². The lowest BCUT2D eigenvalue weighted by atomic mass is 10.1. The number of nitrogens with one attached hydrogen (secondary N) is 1. The third-order valence-electron chi connectivity index (χ3n) is 4.32. The molecule has 0 fully saturated rings. The molecule has 1 N–H and O–H groups in total. The van der Waals surface area contributed by atoms with Gasteiger partial charge in [0, 0.05) is 23.1 Å². The first-order chi connectivity index (χ1) is 13.0. The standard InChI is InChI=1S/C21H24Cl2N2O2/c1-3-19(21(27)24-4-2)25(14-15-9-6-5-7-10-15)20(26)13-16-17(22)11-8-12-18(16)23/h5-12,19H,3-4,13-14H2,1-2H3,(H,24,27). The average Bonchev–Trinajstić information content (AvgIpc) is 2.65. The summed E-state index contributed by atoms with van der Waals surface area (Å²) < 4.78 is 0. The Bertz CT molecular complexity index is 761. The van der Waals surface area contributed by atoms with Crippen LogP contribution in [-0.2, 0) is 22.6 Å². The van der Waals surface area contributed by atoms with E-state index < -0.39 is 6.04 Å². The summed E-state index contributed by atoms with van der Waals surface area (Å²) in [5, 5.41) is 3.71. The summed E-state index contributed by atoms with van der Waals surface area (Å²) in [6.45, 7) is 4.61. The van der Waals surface area contributed by atoms with Crippen molar-refractivity contribution in [1.29, 1.82) is 0 Å². The van der Waals surface area contributed by atoms with Crippen molar-refractivity contribution in [3.8, 4) is 0 Å². The van der Waals surface area contributed by atoms with Gasteiger partial charge in [-0.15, -0.1) is 0 Å². The van der Waals surface area contributed by atoms with Gasteiger partial charge in [-0.05, 0) is 36.6 Å². The SMILES string of the molecule is CCNC(=O)C(CC)N(Cc1ccccc1)C(=O)Cc1c(Cl)cccc1Cl. The number of hydrogen-bond donors (Lipinski definition) is 1. The Balaban J connectivity index is 2.32. The van der Waals surface area contributed by atoms with Gasteiger partial charge in [-0.25, -0.2) is 0 Å². The van der Waals surface area contributed by atoms with E-state index >= 15 is 0 Å². The van der Waals surface area contributed by atoms with E-state index in [2.05, 4.69) is 5.32 Å². The Morgan fingerprint density at radius 3 is 2.19 bits per heavy atom.